The fourth-order valence-corrected chi connectivity index (χ4v) is 5.68. The summed E-state index contributed by atoms with van der Waals surface area (Å²) in [4.78, 5) is 11.6. The van der Waals surface area contributed by atoms with Gasteiger partial charge in [-0.25, -0.2) is 0 Å². The normalized spacial score (nSPS) is 45.7. The van der Waals surface area contributed by atoms with Crippen molar-refractivity contribution in [2.75, 3.05) is 0 Å². The van der Waals surface area contributed by atoms with Crippen LogP contribution in [0.5, 0.6) is 0 Å². The molecule has 0 spiro atoms. The first-order valence-corrected chi connectivity index (χ1v) is 8.14. The third-order valence-electron chi connectivity index (χ3n) is 6.48. The third kappa shape index (κ3) is 1.83. The zero-order valence-electron chi connectivity index (χ0n) is 11.6. The van der Waals surface area contributed by atoms with Crippen LogP contribution in [0.1, 0.15) is 57.8 Å². The van der Waals surface area contributed by atoms with Crippen molar-refractivity contribution in [3.63, 3.8) is 0 Å². The summed E-state index contributed by atoms with van der Waals surface area (Å²) in [5.41, 5.74) is 3.19. The van der Waals surface area contributed by atoms with E-state index in [-0.39, 0.29) is 6.10 Å². The van der Waals surface area contributed by atoms with E-state index < -0.39 is 0 Å². The molecule has 4 aliphatic rings. The van der Waals surface area contributed by atoms with Crippen molar-refractivity contribution in [2.45, 2.75) is 63.9 Å². The van der Waals surface area contributed by atoms with Crippen molar-refractivity contribution in [2.24, 2.45) is 23.7 Å². The molecule has 2 saturated carbocycles. The number of aliphatic hydroxyl groups is 1. The molecule has 104 valence electrons. The summed E-state index contributed by atoms with van der Waals surface area (Å²) in [5, 5.41) is 10.1. The average Bonchev–Trinajstić information content (AvgIpc) is 2.80. The van der Waals surface area contributed by atoms with Gasteiger partial charge in [0.2, 0.25) is 0 Å². The van der Waals surface area contributed by atoms with Gasteiger partial charge < -0.3 is 5.11 Å². The largest absolute Gasteiger partial charge is 0.393 e. The van der Waals surface area contributed by atoms with Crippen LogP contribution >= 0.6 is 0 Å². The maximum absolute atomic E-state index is 11.6. The molecule has 5 atom stereocenters. The molecule has 2 fully saturated rings. The lowest BCUT2D eigenvalue weighted by atomic mass is 9.59. The lowest BCUT2D eigenvalue weighted by Crippen LogP contribution is -2.39. The predicted molar refractivity (Wildman–Crippen MR) is 73.6 cm³/mol. The molecule has 0 aromatic rings. The van der Waals surface area contributed by atoms with Gasteiger partial charge in [0.15, 0.2) is 0 Å². The quantitative estimate of drug-likeness (QED) is 0.679. The fraction of sp³-hybridized carbons (Fsp3) is 0.824. The molecule has 0 saturated heterocycles. The predicted octanol–water partition coefficient (Wildman–Crippen LogP) is 3.24. The smallest absolute Gasteiger partial charge is 0.137 e. The van der Waals surface area contributed by atoms with Crippen molar-refractivity contribution in [3.8, 4) is 0 Å². The van der Waals surface area contributed by atoms with Crippen LogP contribution < -0.4 is 0 Å². The van der Waals surface area contributed by atoms with Gasteiger partial charge in [-0.2, -0.15) is 0 Å². The van der Waals surface area contributed by atoms with Gasteiger partial charge in [-0.1, -0.05) is 11.1 Å². The second-order valence-corrected chi connectivity index (χ2v) is 7.20. The summed E-state index contributed by atoms with van der Waals surface area (Å²) in [6.07, 6.45) is 9.80. The van der Waals surface area contributed by atoms with E-state index in [1.165, 1.54) is 37.7 Å². The molecule has 2 heteroatoms. The monoisotopic (exact) mass is 260 g/mol. The van der Waals surface area contributed by atoms with Crippen LogP contribution in [-0.4, -0.2) is 17.0 Å². The summed E-state index contributed by atoms with van der Waals surface area (Å²) in [6.45, 7) is 0. The van der Waals surface area contributed by atoms with Crippen LogP contribution in [0.4, 0.5) is 0 Å². The van der Waals surface area contributed by atoms with Gasteiger partial charge in [-0.3, -0.25) is 4.79 Å². The number of Topliss-reactive ketones (excluding diaryl/α,β-unsaturated/α-hetero) is 1. The Hall–Kier alpha value is -0.630. The molecule has 19 heavy (non-hydrogen) atoms. The molecular formula is C17H24O2. The average molecular weight is 260 g/mol. The number of hydrogen-bond acceptors (Lipinski definition) is 2. The van der Waals surface area contributed by atoms with E-state index in [4.69, 9.17) is 0 Å². The molecule has 0 amide bonds. The Morgan fingerprint density at radius 1 is 0.842 bits per heavy atom. The highest BCUT2D eigenvalue weighted by Crippen LogP contribution is 2.55. The van der Waals surface area contributed by atoms with Crippen LogP contribution in [0.15, 0.2) is 11.1 Å². The van der Waals surface area contributed by atoms with Crippen LogP contribution in [0.3, 0.4) is 0 Å². The number of allylic oxidation sites excluding steroid dienone is 2. The highest BCUT2D eigenvalue weighted by Gasteiger charge is 2.48. The number of ketones is 1. The number of aliphatic hydroxyl groups excluding tert-OH is 1. The van der Waals surface area contributed by atoms with Crippen LogP contribution in [0, 0.1) is 23.7 Å². The van der Waals surface area contributed by atoms with Gasteiger partial charge in [0, 0.05) is 12.8 Å². The number of carbonyl (C=O) groups is 1. The maximum Gasteiger partial charge on any atom is 0.137 e. The molecule has 0 aromatic heterocycles. The second-order valence-electron chi connectivity index (χ2n) is 7.20. The molecule has 4 aliphatic carbocycles. The van der Waals surface area contributed by atoms with Crippen molar-refractivity contribution in [1.82, 2.24) is 0 Å². The van der Waals surface area contributed by atoms with E-state index in [9.17, 15) is 9.90 Å². The molecule has 0 aromatic carbocycles. The van der Waals surface area contributed by atoms with E-state index in [0.717, 1.165) is 43.4 Å². The molecular weight excluding hydrogens is 236 g/mol. The Morgan fingerprint density at radius 2 is 1.68 bits per heavy atom. The van der Waals surface area contributed by atoms with Crippen LogP contribution in [-0.2, 0) is 4.79 Å². The minimum Gasteiger partial charge on any atom is -0.393 e. The summed E-state index contributed by atoms with van der Waals surface area (Å²) < 4.78 is 0. The van der Waals surface area contributed by atoms with Gasteiger partial charge in [-0.05, 0) is 68.6 Å². The highest BCUT2D eigenvalue weighted by molar-refractivity contribution is 5.82. The SMILES string of the molecule is O=C1CCC2=C(CC[C@H]3[C@@H]4CCC(O)[C@H]4CC[C@H]23)C1. The highest BCUT2D eigenvalue weighted by atomic mass is 16.3. The molecule has 1 unspecified atom stereocenters. The van der Waals surface area contributed by atoms with E-state index in [1.54, 1.807) is 5.57 Å². The van der Waals surface area contributed by atoms with Crippen molar-refractivity contribution < 1.29 is 9.90 Å². The van der Waals surface area contributed by atoms with Crippen molar-refractivity contribution >= 4 is 5.78 Å². The second kappa shape index (κ2) is 4.44. The Labute approximate surface area is 115 Å². The number of carbonyl (C=O) groups excluding carboxylic acids is 1. The summed E-state index contributed by atoms with van der Waals surface area (Å²) in [6, 6.07) is 0. The molecule has 0 heterocycles. The molecule has 0 aliphatic heterocycles. The first-order chi connectivity index (χ1) is 9.24. The maximum atomic E-state index is 11.6. The number of rotatable bonds is 0. The first-order valence-electron chi connectivity index (χ1n) is 8.14. The standard InChI is InChI=1S/C17H24O2/c18-11-2-4-12-10(9-11)1-3-14-13(12)5-6-16-15(14)7-8-17(16)19/h13-17,19H,1-9H2/t13-,14-,15+,16+,17?/m1/s1. The Bertz CT molecular complexity index is 437. The zero-order chi connectivity index (χ0) is 13.0. The van der Waals surface area contributed by atoms with Gasteiger partial charge >= 0.3 is 0 Å². The molecule has 1 N–H and O–H groups in total. The van der Waals surface area contributed by atoms with Crippen molar-refractivity contribution in [3.05, 3.63) is 11.1 Å². The van der Waals surface area contributed by atoms with Gasteiger partial charge in [-0.15, -0.1) is 0 Å². The summed E-state index contributed by atoms with van der Waals surface area (Å²) in [5.74, 6) is 3.42. The number of hydrogen-bond donors (Lipinski definition) is 1. The third-order valence-corrected chi connectivity index (χ3v) is 6.48. The minimum absolute atomic E-state index is 0.0192. The van der Waals surface area contributed by atoms with E-state index in [1.807, 2.05) is 0 Å². The topological polar surface area (TPSA) is 37.3 Å². The first kappa shape index (κ1) is 12.1. The lowest BCUT2D eigenvalue weighted by molar-refractivity contribution is -0.119. The Morgan fingerprint density at radius 3 is 2.58 bits per heavy atom. The van der Waals surface area contributed by atoms with Gasteiger partial charge in [0.25, 0.3) is 0 Å². The van der Waals surface area contributed by atoms with Gasteiger partial charge in [0.05, 0.1) is 6.10 Å². The molecule has 0 radical (unpaired) electrons. The molecule has 4 rings (SSSR count). The minimum atomic E-state index is -0.0192. The summed E-state index contributed by atoms with van der Waals surface area (Å²) in [7, 11) is 0. The van der Waals surface area contributed by atoms with Crippen LogP contribution in [0.2, 0.25) is 0 Å². The Kier molecular flexibility index (Phi) is 2.84. The molecule has 0 bridgehead atoms. The van der Waals surface area contributed by atoms with E-state index in [0.29, 0.717) is 11.7 Å². The van der Waals surface area contributed by atoms with E-state index in [2.05, 4.69) is 0 Å². The van der Waals surface area contributed by atoms with Crippen molar-refractivity contribution in [1.29, 1.82) is 0 Å². The summed E-state index contributed by atoms with van der Waals surface area (Å²) >= 11 is 0. The van der Waals surface area contributed by atoms with E-state index >= 15 is 0 Å². The zero-order valence-corrected chi connectivity index (χ0v) is 11.6. The van der Waals surface area contributed by atoms with Gasteiger partial charge in [0.1, 0.15) is 5.78 Å². The van der Waals surface area contributed by atoms with Crippen LogP contribution in [0.25, 0.3) is 0 Å². The number of fused-ring (bicyclic) bond motifs is 4. The Balaban J connectivity index is 1.62. The fourth-order valence-electron chi connectivity index (χ4n) is 5.68. The molecule has 2 nitrogen and oxygen atoms in total. The lowest BCUT2D eigenvalue weighted by Gasteiger charge is -2.46.